The van der Waals surface area contributed by atoms with E-state index in [1.807, 2.05) is 30.3 Å². The lowest BCUT2D eigenvalue weighted by molar-refractivity contribution is -0.114. The molecule has 0 radical (unpaired) electrons. The van der Waals surface area contributed by atoms with Gasteiger partial charge in [0.25, 0.3) is 0 Å². The molecule has 0 unspecified atom stereocenters. The highest BCUT2D eigenvalue weighted by Crippen LogP contribution is 2.18. The van der Waals surface area contributed by atoms with Crippen molar-refractivity contribution in [1.82, 2.24) is 0 Å². The van der Waals surface area contributed by atoms with Gasteiger partial charge in [0.15, 0.2) is 0 Å². The Kier molecular flexibility index (Phi) is 5.16. The van der Waals surface area contributed by atoms with E-state index >= 15 is 0 Å². The minimum absolute atomic E-state index is 0.0928. The zero-order valence-corrected chi connectivity index (χ0v) is 13.0. The number of carbonyl (C=O) groups is 1. The Morgan fingerprint density at radius 1 is 1.05 bits per heavy atom. The van der Waals surface area contributed by atoms with Crippen molar-refractivity contribution in [2.24, 2.45) is 0 Å². The highest BCUT2D eigenvalue weighted by Gasteiger charge is 2.13. The van der Waals surface area contributed by atoms with Crippen LogP contribution in [0.25, 0.3) is 0 Å². The highest BCUT2D eigenvalue weighted by molar-refractivity contribution is 7.87. The van der Waals surface area contributed by atoms with Gasteiger partial charge in [0.1, 0.15) is 5.75 Å². The highest BCUT2D eigenvalue weighted by atomic mass is 32.2. The summed E-state index contributed by atoms with van der Waals surface area (Å²) < 4.78 is 28.9. The standard InChI is InChI=1S/C16H17NO4S/c1-13(18)17-15-7-9-16(10-8-15)21-22(19,20)12-11-14-5-3-2-4-6-14/h2-10H,11-12H2,1H3,(H,17,18). The maximum absolute atomic E-state index is 11.9. The van der Waals surface area contributed by atoms with E-state index in [1.54, 1.807) is 12.1 Å². The number of benzene rings is 2. The van der Waals surface area contributed by atoms with Crippen LogP contribution in [0.1, 0.15) is 12.5 Å². The Labute approximate surface area is 130 Å². The number of anilines is 1. The third-order valence-electron chi connectivity index (χ3n) is 2.88. The second-order valence-corrected chi connectivity index (χ2v) is 6.48. The quantitative estimate of drug-likeness (QED) is 0.831. The van der Waals surface area contributed by atoms with Crippen molar-refractivity contribution in [2.75, 3.05) is 11.1 Å². The summed E-state index contributed by atoms with van der Waals surface area (Å²) in [5, 5.41) is 2.60. The zero-order chi connectivity index (χ0) is 16.0. The van der Waals surface area contributed by atoms with Crippen LogP contribution in [-0.2, 0) is 21.3 Å². The molecule has 5 nitrogen and oxygen atoms in total. The summed E-state index contributed by atoms with van der Waals surface area (Å²) in [6, 6.07) is 15.5. The first-order valence-electron chi connectivity index (χ1n) is 6.78. The van der Waals surface area contributed by atoms with Crippen molar-refractivity contribution in [1.29, 1.82) is 0 Å². The van der Waals surface area contributed by atoms with Gasteiger partial charge >= 0.3 is 10.1 Å². The van der Waals surface area contributed by atoms with Gasteiger partial charge in [0.2, 0.25) is 5.91 Å². The van der Waals surface area contributed by atoms with E-state index < -0.39 is 10.1 Å². The Morgan fingerprint density at radius 2 is 1.68 bits per heavy atom. The minimum atomic E-state index is -3.66. The van der Waals surface area contributed by atoms with Crippen molar-refractivity contribution < 1.29 is 17.4 Å². The summed E-state index contributed by atoms with van der Waals surface area (Å²) in [6.45, 7) is 1.40. The van der Waals surface area contributed by atoms with Crippen LogP contribution in [0.4, 0.5) is 5.69 Å². The van der Waals surface area contributed by atoms with Crippen LogP contribution in [-0.4, -0.2) is 20.1 Å². The van der Waals surface area contributed by atoms with Crippen LogP contribution in [0.2, 0.25) is 0 Å². The monoisotopic (exact) mass is 319 g/mol. The summed E-state index contributed by atoms with van der Waals surface area (Å²) in [6.07, 6.45) is 0.396. The largest absolute Gasteiger partial charge is 0.382 e. The molecule has 0 aliphatic rings. The molecule has 116 valence electrons. The molecule has 0 heterocycles. The van der Waals surface area contributed by atoms with Gasteiger partial charge in [0.05, 0.1) is 5.75 Å². The molecule has 0 fully saturated rings. The molecule has 0 bridgehead atoms. The summed E-state index contributed by atoms with van der Waals surface area (Å²) >= 11 is 0. The predicted octanol–water partition coefficient (Wildman–Crippen LogP) is 2.60. The number of hydrogen-bond acceptors (Lipinski definition) is 4. The summed E-state index contributed by atoms with van der Waals surface area (Å²) in [7, 11) is -3.66. The fourth-order valence-corrected chi connectivity index (χ4v) is 2.85. The molecule has 22 heavy (non-hydrogen) atoms. The topological polar surface area (TPSA) is 72.5 Å². The Balaban J connectivity index is 1.95. The number of nitrogens with one attached hydrogen (secondary N) is 1. The second-order valence-electron chi connectivity index (χ2n) is 4.79. The smallest absolute Gasteiger partial charge is 0.309 e. The van der Waals surface area contributed by atoms with Gasteiger partial charge in [-0.25, -0.2) is 0 Å². The van der Waals surface area contributed by atoms with Crippen LogP contribution in [0.3, 0.4) is 0 Å². The number of amides is 1. The molecule has 1 N–H and O–H groups in total. The molecule has 0 saturated heterocycles. The normalized spacial score (nSPS) is 11.0. The van der Waals surface area contributed by atoms with E-state index in [0.717, 1.165) is 5.56 Å². The van der Waals surface area contributed by atoms with Crippen molar-refractivity contribution >= 4 is 21.7 Å². The van der Waals surface area contributed by atoms with Gasteiger partial charge < -0.3 is 9.50 Å². The van der Waals surface area contributed by atoms with E-state index in [-0.39, 0.29) is 17.4 Å². The molecule has 2 aromatic carbocycles. The summed E-state index contributed by atoms with van der Waals surface area (Å²) in [4.78, 5) is 10.9. The maximum Gasteiger partial charge on any atom is 0.309 e. The lowest BCUT2D eigenvalue weighted by Crippen LogP contribution is -2.15. The Morgan fingerprint density at radius 3 is 2.27 bits per heavy atom. The van der Waals surface area contributed by atoms with Crippen LogP contribution in [0.15, 0.2) is 54.6 Å². The summed E-state index contributed by atoms with van der Waals surface area (Å²) in [5.74, 6) is -0.0592. The van der Waals surface area contributed by atoms with E-state index in [1.165, 1.54) is 19.1 Å². The SMILES string of the molecule is CC(=O)Nc1ccc(OS(=O)(=O)CCc2ccccc2)cc1. The van der Waals surface area contributed by atoms with Gasteiger partial charge in [-0.15, -0.1) is 0 Å². The average molecular weight is 319 g/mol. The van der Waals surface area contributed by atoms with Crippen LogP contribution in [0, 0.1) is 0 Å². The molecular weight excluding hydrogens is 302 g/mol. The fraction of sp³-hybridized carbons (Fsp3) is 0.188. The van der Waals surface area contributed by atoms with Crippen molar-refractivity contribution in [3.05, 3.63) is 60.2 Å². The third kappa shape index (κ3) is 5.21. The lowest BCUT2D eigenvalue weighted by Gasteiger charge is -2.08. The molecule has 0 aliphatic carbocycles. The van der Waals surface area contributed by atoms with Crippen molar-refractivity contribution in [2.45, 2.75) is 13.3 Å². The fourth-order valence-electron chi connectivity index (χ4n) is 1.87. The molecule has 6 heteroatoms. The van der Waals surface area contributed by atoms with Crippen LogP contribution in [0.5, 0.6) is 5.75 Å². The molecule has 0 spiro atoms. The molecule has 0 atom stereocenters. The number of hydrogen-bond donors (Lipinski definition) is 1. The average Bonchev–Trinajstić information content (AvgIpc) is 2.48. The summed E-state index contributed by atoms with van der Waals surface area (Å²) in [5.41, 5.74) is 1.53. The molecule has 0 saturated carbocycles. The molecule has 0 aliphatic heterocycles. The number of rotatable bonds is 6. The van der Waals surface area contributed by atoms with Crippen LogP contribution < -0.4 is 9.50 Å². The van der Waals surface area contributed by atoms with E-state index in [9.17, 15) is 13.2 Å². The predicted molar refractivity (Wildman–Crippen MR) is 85.3 cm³/mol. The van der Waals surface area contributed by atoms with Crippen LogP contribution >= 0.6 is 0 Å². The molecule has 2 rings (SSSR count). The van der Waals surface area contributed by atoms with Gasteiger partial charge in [-0.2, -0.15) is 8.42 Å². The molecule has 1 amide bonds. The van der Waals surface area contributed by atoms with Crippen molar-refractivity contribution in [3.63, 3.8) is 0 Å². The Hall–Kier alpha value is -2.34. The number of aryl methyl sites for hydroxylation is 1. The molecule has 2 aromatic rings. The second kappa shape index (κ2) is 7.09. The third-order valence-corrected chi connectivity index (χ3v) is 4.03. The number of carbonyl (C=O) groups excluding carboxylic acids is 1. The van der Waals surface area contributed by atoms with Gasteiger partial charge in [0, 0.05) is 12.6 Å². The van der Waals surface area contributed by atoms with Gasteiger partial charge in [-0.05, 0) is 36.2 Å². The van der Waals surface area contributed by atoms with E-state index in [4.69, 9.17) is 4.18 Å². The van der Waals surface area contributed by atoms with Crippen molar-refractivity contribution in [3.8, 4) is 5.75 Å². The first-order chi connectivity index (χ1) is 10.4. The Bertz CT molecular complexity index is 725. The van der Waals surface area contributed by atoms with Gasteiger partial charge in [-0.1, -0.05) is 30.3 Å². The molecular formula is C16H17NO4S. The van der Waals surface area contributed by atoms with E-state index in [2.05, 4.69) is 5.32 Å². The molecule has 0 aromatic heterocycles. The first kappa shape index (κ1) is 16.0. The minimum Gasteiger partial charge on any atom is -0.382 e. The first-order valence-corrected chi connectivity index (χ1v) is 8.36. The zero-order valence-electron chi connectivity index (χ0n) is 12.2. The van der Waals surface area contributed by atoms with E-state index in [0.29, 0.717) is 12.1 Å². The van der Waals surface area contributed by atoms with Gasteiger partial charge in [-0.3, -0.25) is 4.79 Å². The lowest BCUT2D eigenvalue weighted by atomic mass is 10.2. The maximum atomic E-state index is 11.9.